The maximum atomic E-state index is 6.02. The molecule has 0 aliphatic heterocycles. The average Bonchev–Trinajstić information content (AvgIpc) is 1.86. The van der Waals surface area contributed by atoms with Crippen LogP contribution in [0.3, 0.4) is 0 Å². The van der Waals surface area contributed by atoms with Crippen molar-refractivity contribution >= 4 is 11.6 Å². The number of alkyl halides is 1. The molecule has 0 heterocycles. The van der Waals surface area contributed by atoms with Crippen molar-refractivity contribution in [2.45, 2.75) is 46.1 Å². The standard InChI is InChI=1S/C9H20ClN/c1-5-9(4,11)6-8(2,3)7-10/h5-7,11H2,1-4H3. The minimum absolute atomic E-state index is 0.0572. The molecular formula is C9H20ClN. The van der Waals surface area contributed by atoms with Gasteiger partial charge in [0.1, 0.15) is 0 Å². The molecular weight excluding hydrogens is 158 g/mol. The molecule has 0 aliphatic carbocycles. The number of hydrogen-bond donors (Lipinski definition) is 1. The first-order valence-corrected chi connectivity index (χ1v) is 4.71. The van der Waals surface area contributed by atoms with E-state index in [-0.39, 0.29) is 11.0 Å². The van der Waals surface area contributed by atoms with E-state index in [1.807, 2.05) is 0 Å². The fraction of sp³-hybridized carbons (Fsp3) is 1.00. The van der Waals surface area contributed by atoms with Crippen molar-refractivity contribution in [2.24, 2.45) is 11.1 Å². The first kappa shape index (κ1) is 11.2. The highest BCUT2D eigenvalue weighted by Gasteiger charge is 2.26. The molecule has 0 amide bonds. The van der Waals surface area contributed by atoms with Crippen LogP contribution in [0.1, 0.15) is 40.5 Å². The van der Waals surface area contributed by atoms with Crippen LogP contribution in [0.5, 0.6) is 0 Å². The maximum absolute atomic E-state index is 6.02. The molecule has 11 heavy (non-hydrogen) atoms. The maximum Gasteiger partial charge on any atom is 0.0275 e. The van der Waals surface area contributed by atoms with Crippen molar-refractivity contribution in [3.05, 3.63) is 0 Å². The van der Waals surface area contributed by atoms with Gasteiger partial charge in [0.2, 0.25) is 0 Å². The van der Waals surface area contributed by atoms with Crippen LogP contribution in [0.15, 0.2) is 0 Å². The predicted molar refractivity (Wildman–Crippen MR) is 52.0 cm³/mol. The molecule has 68 valence electrons. The topological polar surface area (TPSA) is 26.0 Å². The second-order valence-corrected chi connectivity index (χ2v) is 4.75. The molecule has 1 atom stereocenters. The first-order valence-electron chi connectivity index (χ1n) is 4.18. The van der Waals surface area contributed by atoms with Crippen molar-refractivity contribution in [3.63, 3.8) is 0 Å². The van der Waals surface area contributed by atoms with E-state index in [9.17, 15) is 0 Å². The lowest BCUT2D eigenvalue weighted by Crippen LogP contribution is -2.40. The van der Waals surface area contributed by atoms with Crippen molar-refractivity contribution in [3.8, 4) is 0 Å². The summed E-state index contributed by atoms with van der Waals surface area (Å²) in [5.41, 5.74) is 6.13. The molecule has 1 unspecified atom stereocenters. The van der Waals surface area contributed by atoms with Crippen LogP contribution in [0.25, 0.3) is 0 Å². The highest BCUT2D eigenvalue weighted by molar-refractivity contribution is 6.18. The van der Waals surface area contributed by atoms with Gasteiger partial charge < -0.3 is 5.73 Å². The van der Waals surface area contributed by atoms with Crippen LogP contribution < -0.4 is 5.73 Å². The van der Waals surface area contributed by atoms with E-state index < -0.39 is 0 Å². The molecule has 1 nitrogen and oxygen atoms in total. The second kappa shape index (κ2) is 3.77. The molecule has 0 spiro atoms. The lowest BCUT2D eigenvalue weighted by atomic mass is 9.80. The predicted octanol–water partition coefficient (Wildman–Crippen LogP) is 2.77. The fourth-order valence-electron chi connectivity index (χ4n) is 1.27. The molecule has 0 aliphatic rings. The van der Waals surface area contributed by atoms with Crippen LogP contribution in [0.2, 0.25) is 0 Å². The molecule has 2 N–H and O–H groups in total. The third kappa shape index (κ3) is 4.65. The first-order chi connectivity index (χ1) is 4.83. The van der Waals surface area contributed by atoms with Gasteiger partial charge in [-0.25, -0.2) is 0 Å². The normalized spacial score (nSPS) is 18.0. The summed E-state index contributed by atoms with van der Waals surface area (Å²) < 4.78 is 0. The van der Waals surface area contributed by atoms with Gasteiger partial charge in [0, 0.05) is 11.4 Å². The zero-order chi connectivity index (χ0) is 9.12. The van der Waals surface area contributed by atoms with Gasteiger partial charge in [0.25, 0.3) is 0 Å². The smallest absolute Gasteiger partial charge is 0.0275 e. The van der Waals surface area contributed by atoms with Gasteiger partial charge in [0.05, 0.1) is 0 Å². The molecule has 0 aromatic carbocycles. The molecule has 0 aromatic rings. The van der Waals surface area contributed by atoms with Gasteiger partial charge in [-0.05, 0) is 25.2 Å². The van der Waals surface area contributed by atoms with Gasteiger partial charge in [-0.1, -0.05) is 20.8 Å². The van der Waals surface area contributed by atoms with Gasteiger partial charge in [0.15, 0.2) is 0 Å². The largest absolute Gasteiger partial charge is 0.325 e. The summed E-state index contributed by atoms with van der Waals surface area (Å²) in [5.74, 6) is 0.680. The Morgan fingerprint density at radius 1 is 1.27 bits per heavy atom. The number of halogens is 1. The number of hydrogen-bond acceptors (Lipinski definition) is 1. The third-order valence-electron chi connectivity index (χ3n) is 2.05. The molecule has 0 fully saturated rings. The van der Waals surface area contributed by atoms with E-state index in [0.717, 1.165) is 12.8 Å². The summed E-state index contributed by atoms with van der Waals surface area (Å²) in [7, 11) is 0. The van der Waals surface area contributed by atoms with Crippen LogP contribution in [0.4, 0.5) is 0 Å². The van der Waals surface area contributed by atoms with Crippen molar-refractivity contribution in [1.82, 2.24) is 0 Å². The highest BCUT2D eigenvalue weighted by atomic mass is 35.5. The van der Waals surface area contributed by atoms with E-state index in [2.05, 4.69) is 27.7 Å². The Balaban J connectivity index is 4.02. The zero-order valence-corrected chi connectivity index (χ0v) is 8.83. The Kier molecular flexibility index (Phi) is 3.86. The summed E-state index contributed by atoms with van der Waals surface area (Å²) in [6.07, 6.45) is 1.99. The molecule has 0 saturated carbocycles. The van der Waals surface area contributed by atoms with Gasteiger partial charge >= 0.3 is 0 Å². The Hall–Kier alpha value is 0.250. The summed E-state index contributed by atoms with van der Waals surface area (Å²) in [4.78, 5) is 0. The lowest BCUT2D eigenvalue weighted by molar-refractivity contribution is 0.268. The summed E-state index contributed by atoms with van der Waals surface area (Å²) in [5, 5.41) is 0. The Bertz CT molecular complexity index is 105. The Labute approximate surface area is 75.3 Å². The summed E-state index contributed by atoms with van der Waals surface area (Å²) in [6.45, 7) is 8.51. The molecule has 0 aromatic heterocycles. The van der Waals surface area contributed by atoms with E-state index in [0.29, 0.717) is 5.88 Å². The average molecular weight is 178 g/mol. The molecule has 0 rings (SSSR count). The van der Waals surface area contributed by atoms with Crippen LogP contribution in [-0.4, -0.2) is 11.4 Å². The Morgan fingerprint density at radius 2 is 1.73 bits per heavy atom. The molecule has 0 radical (unpaired) electrons. The molecule has 2 heteroatoms. The number of rotatable bonds is 4. The summed E-state index contributed by atoms with van der Waals surface area (Å²) in [6, 6.07) is 0. The third-order valence-corrected chi connectivity index (χ3v) is 2.78. The highest BCUT2D eigenvalue weighted by Crippen LogP contribution is 2.29. The molecule has 0 saturated heterocycles. The Morgan fingerprint density at radius 3 is 2.00 bits per heavy atom. The fourth-order valence-corrected chi connectivity index (χ4v) is 1.36. The quantitative estimate of drug-likeness (QED) is 0.657. The van der Waals surface area contributed by atoms with Gasteiger partial charge in [-0.2, -0.15) is 0 Å². The van der Waals surface area contributed by atoms with Gasteiger partial charge in [-0.15, -0.1) is 11.6 Å². The minimum atomic E-state index is -0.0572. The van der Waals surface area contributed by atoms with Crippen molar-refractivity contribution < 1.29 is 0 Å². The van der Waals surface area contributed by atoms with E-state index >= 15 is 0 Å². The molecule has 0 bridgehead atoms. The van der Waals surface area contributed by atoms with E-state index in [1.165, 1.54) is 0 Å². The van der Waals surface area contributed by atoms with Crippen LogP contribution >= 0.6 is 11.6 Å². The summed E-state index contributed by atoms with van der Waals surface area (Å²) >= 11 is 5.80. The van der Waals surface area contributed by atoms with Crippen LogP contribution in [-0.2, 0) is 0 Å². The zero-order valence-electron chi connectivity index (χ0n) is 8.08. The van der Waals surface area contributed by atoms with Crippen molar-refractivity contribution in [1.29, 1.82) is 0 Å². The van der Waals surface area contributed by atoms with E-state index in [4.69, 9.17) is 17.3 Å². The van der Waals surface area contributed by atoms with Crippen LogP contribution in [0, 0.1) is 5.41 Å². The number of nitrogens with two attached hydrogens (primary N) is 1. The second-order valence-electron chi connectivity index (χ2n) is 4.48. The van der Waals surface area contributed by atoms with Crippen molar-refractivity contribution in [2.75, 3.05) is 5.88 Å². The van der Waals surface area contributed by atoms with Gasteiger partial charge in [-0.3, -0.25) is 0 Å². The minimum Gasteiger partial charge on any atom is -0.325 e. The van der Waals surface area contributed by atoms with E-state index in [1.54, 1.807) is 0 Å². The lowest BCUT2D eigenvalue weighted by Gasteiger charge is -2.32. The SMILES string of the molecule is CCC(C)(N)CC(C)(C)CCl. The monoisotopic (exact) mass is 177 g/mol.